The number of rotatable bonds is 7. The Bertz CT molecular complexity index is 410. The number of benzene rings is 1. The number of nitro groups is 1. The van der Waals surface area contributed by atoms with Gasteiger partial charge in [0.05, 0.1) is 9.40 Å². The highest BCUT2D eigenvalue weighted by atomic mass is 79.9. The molecule has 0 saturated heterocycles. The van der Waals surface area contributed by atoms with Crippen molar-refractivity contribution in [3.8, 4) is 0 Å². The average Bonchev–Trinajstić information content (AvgIpc) is 2.36. The largest absolute Gasteiger partial charge is 0.355 e. The van der Waals surface area contributed by atoms with Gasteiger partial charge in [-0.25, -0.2) is 0 Å². The number of ether oxygens (including phenoxy) is 2. The molecule has 0 atom stereocenters. The molecule has 0 aliphatic rings. The van der Waals surface area contributed by atoms with E-state index in [2.05, 4.69) is 21.2 Å². The minimum atomic E-state index is -0.416. The fourth-order valence-corrected chi connectivity index (χ4v) is 1.80. The SMILES string of the molecule is COC(CNCc1ccc(Br)c([N+](=O)[O-])c1)OC. The maximum Gasteiger partial charge on any atom is 0.283 e. The standard InChI is InChI=1S/C11H15BrN2O4/c1-17-11(18-2)7-13-6-8-3-4-9(12)10(5-8)14(15)16/h3-5,11,13H,6-7H2,1-2H3. The third-order valence-electron chi connectivity index (χ3n) is 2.37. The lowest BCUT2D eigenvalue weighted by Gasteiger charge is -2.14. The molecule has 18 heavy (non-hydrogen) atoms. The van der Waals surface area contributed by atoms with Crippen molar-refractivity contribution >= 4 is 21.6 Å². The Morgan fingerprint density at radius 2 is 2.11 bits per heavy atom. The molecular formula is C11H15BrN2O4. The highest BCUT2D eigenvalue weighted by molar-refractivity contribution is 9.10. The number of nitrogens with one attached hydrogen (secondary N) is 1. The molecule has 0 aliphatic heterocycles. The minimum absolute atomic E-state index is 0.0596. The molecule has 0 heterocycles. The van der Waals surface area contributed by atoms with E-state index in [-0.39, 0.29) is 12.0 Å². The topological polar surface area (TPSA) is 73.6 Å². The molecule has 0 amide bonds. The predicted octanol–water partition coefficient (Wildman–Crippen LogP) is 2.07. The van der Waals surface area contributed by atoms with Crippen LogP contribution in [0.25, 0.3) is 0 Å². The van der Waals surface area contributed by atoms with Gasteiger partial charge in [0, 0.05) is 33.4 Å². The van der Waals surface area contributed by atoms with Crippen molar-refractivity contribution in [3.05, 3.63) is 38.3 Å². The molecule has 1 aromatic carbocycles. The van der Waals surface area contributed by atoms with Gasteiger partial charge in [-0.05, 0) is 27.6 Å². The summed E-state index contributed by atoms with van der Waals surface area (Å²) < 4.78 is 10.5. The van der Waals surface area contributed by atoms with Crippen molar-refractivity contribution in [1.82, 2.24) is 5.32 Å². The van der Waals surface area contributed by atoms with Crippen LogP contribution in [0.1, 0.15) is 5.56 Å². The zero-order chi connectivity index (χ0) is 13.5. The third kappa shape index (κ3) is 4.34. The lowest BCUT2D eigenvalue weighted by molar-refractivity contribution is -0.385. The van der Waals surface area contributed by atoms with Crippen molar-refractivity contribution in [3.63, 3.8) is 0 Å². The first-order valence-corrected chi connectivity index (χ1v) is 6.07. The lowest BCUT2D eigenvalue weighted by atomic mass is 10.2. The fourth-order valence-electron chi connectivity index (χ4n) is 1.41. The second-order valence-electron chi connectivity index (χ2n) is 3.57. The summed E-state index contributed by atoms with van der Waals surface area (Å²) in [6, 6.07) is 5.02. The molecule has 0 radical (unpaired) electrons. The van der Waals surface area contributed by atoms with Gasteiger partial charge >= 0.3 is 0 Å². The zero-order valence-electron chi connectivity index (χ0n) is 10.2. The summed E-state index contributed by atoms with van der Waals surface area (Å²) in [6.07, 6.45) is -0.324. The third-order valence-corrected chi connectivity index (χ3v) is 3.04. The molecule has 1 rings (SSSR count). The zero-order valence-corrected chi connectivity index (χ0v) is 11.8. The van der Waals surface area contributed by atoms with Crippen molar-refractivity contribution < 1.29 is 14.4 Å². The van der Waals surface area contributed by atoms with Crippen LogP contribution in [0.2, 0.25) is 0 Å². The van der Waals surface area contributed by atoms with Gasteiger partial charge in [-0.2, -0.15) is 0 Å². The summed E-state index contributed by atoms with van der Waals surface area (Å²) in [5, 5.41) is 13.9. The first kappa shape index (κ1) is 15.0. The Hall–Kier alpha value is -1.02. The van der Waals surface area contributed by atoms with Gasteiger partial charge in [0.2, 0.25) is 0 Å². The summed E-state index contributed by atoms with van der Waals surface area (Å²) in [5.74, 6) is 0. The average molecular weight is 319 g/mol. The Kier molecular flexibility index (Phi) is 6.20. The molecule has 0 fully saturated rings. The van der Waals surface area contributed by atoms with Crippen molar-refractivity contribution in [2.75, 3.05) is 20.8 Å². The maximum atomic E-state index is 10.8. The van der Waals surface area contributed by atoms with Crippen molar-refractivity contribution in [2.45, 2.75) is 12.8 Å². The normalized spacial score (nSPS) is 10.9. The van der Waals surface area contributed by atoms with Crippen molar-refractivity contribution in [1.29, 1.82) is 0 Å². The molecule has 0 aliphatic carbocycles. The van der Waals surface area contributed by atoms with Gasteiger partial charge in [-0.15, -0.1) is 0 Å². The Balaban J connectivity index is 2.58. The molecule has 1 aromatic rings. The molecule has 0 aromatic heterocycles. The second kappa shape index (κ2) is 7.42. The van der Waals surface area contributed by atoms with E-state index in [1.807, 2.05) is 6.07 Å². The number of nitro benzene ring substituents is 1. The van der Waals surface area contributed by atoms with Crippen LogP contribution in [0, 0.1) is 10.1 Å². The molecule has 0 unspecified atom stereocenters. The molecule has 7 heteroatoms. The van der Waals surface area contributed by atoms with Gasteiger partial charge in [0.15, 0.2) is 6.29 Å². The monoisotopic (exact) mass is 318 g/mol. The molecule has 100 valence electrons. The first-order chi connectivity index (χ1) is 8.58. The van der Waals surface area contributed by atoms with E-state index >= 15 is 0 Å². The van der Waals surface area contributed by atoms with E-state index in [4.69, 9.17) is 9.47 Å². The smallest absolute Gasteiger partial charge is 0.283 e. The molecule has 0 bridgehead atoms. The van der Waals surface area contributed by atoms with Crippen LogP contribution in [0.4, 0.5) is 5.69 Å². The van der Waals surface area contributed by atoms with Crippen LogP contribution in [0.15, 0.2) is 22.7 Å². The van der Waals surface area contributed by atoms with E-state index in [1.165, 1.54) is 6.07 Å². The van der Waals surface area contributed by atoms with Crippen LogP contribution < -0.4 is 5.32 Å². The second-order valence-corrected chi connectivity index (χ2v) is 4.43. The van der Waals surface area contributed by atoms with Crippen LogP contribution in [0.5, 0.6) is 0 Å². The van der Waals surface area contributed by atoms with E-state index < -0.39 is 4.92 Å². The number of hydrogen-bond donors (Lipinski definition) is 1. The van der Waals surface area contributed by atoms with E-state index in [0.29, 0.717) is 17.6 Å². The Labute approximate surface area is 114 Å². The van der Waals surface area contributed by atoms with Gasteiger partial charge in [-0.3, -0.25) is 10.1 Å². The molecular weight excluding hydrogens is 304 g/mol. The van der Waals surface area contributed by atoms with Gasteiger partial charge in [-0.1, -0.05) is 6.07 Å². The van der Waals surface area contributed by atoms with Gasteiger partial charge in [0.25, 0.3) is 5.69 Å². The Morgan fingerprint density at radius 1 is 1.44 bits per heavy atom. The number of halogens is 1. The highest BCUT2D eigenvalue weighted by Gasteiger charge is 2.12. The summed E-state index contributed by atoms with van der Waals surface area (Å²) in [6.45, 7) is 1.02. The van der Waals surface area contributed by atoms with Gasteiger partial charge < -0.3 is 14.8 Å². The van der Waals surface area contributed by atoms with Crippen LogP contribution >= 0.6 is 15.9 Å². The molecule has 6 nitrogen and oxygen atoms in total. The first-order valence-electron chi connectivity index (χ1n) is 5.27. The van der Waals surface area contributed by atoms with Crippen LogP contribution in [-0.4, -0.2) is 32.0 Å². The van der Waals surface area contributed by atoms with Crippen molar-refractivity contribution in [2.24, 2.45) is 0 Å². The predicted molar refractivity (Wildman–Crippen MR) is 70.3 cm³/mol. The summed E-state index contributed by atoms with van der Waals surface area (Å²) in [5.41, 5.74) is 0.889. The van der Waals surface area contributed by atoms with E-state index in [0.717, 1.165) is 5.56 Å². The molecule has 0 saturated carbocycles. The summed E-state index contributed by atoms with van der Waals surface area (Å²) in [4.78, 5) is 10.3. The number of nitrogens with zero attached hydrogens (tertiary/aromatic N) is 1. The van der Waals surface area contributed by atoms with Crippen LogP contribution in [-0.2, 0) is 16.0 Å². The van der Waals surface area contributed by atoms with E-state index in [9.17, 15) is 10.1 Å². The molecule has 0 spiro atoms. The maximum absolute atomic E-state index is 10.8. The minimum Gasteiger partial charge on any atom is -0.355 e. The number of hydrogen-bond acceptors (Lipinski definition) is 5. The highest BCUT2D eigenvalue weighted by Crippen LogP contribution is 2.25. The van der Waals surface area contributed by atoms with E-state index in [1.54, 1.807) is 20.3 Å². The fraction of sp³-hybridized carbons (Fsp3) is 0.455. The van der Waals surface area contributed by atoms with Gasteiger partial charge in [0.1, 0.15) is 0 Å². The summed E-state index contributed by atoms with van der Waals surface area (Å²) >= 11 is 3.14. The Morgan fingerprint density at radius 3 is 2.67 bits per heavy atom. The quantitative estimate of drug-likeness (QED) is 0.473. The number of methoxy groups -OCH3 is 2. The summed E-state index contributed by atoms with van der Waals surface area (Å²) in [7, 11) is 3.11. The van der Waals surface area contributed by atoms with Crippen LogP contribution in [0.3, 0.4) is 0 Å². The lowest BCUT2D eigenvalue weighted by Crippen LogP contribution is -2.29. The molecule has 1 N–H and O–H groups in total.